The first-order chi connectivity index (χ1) is 21.1. The number of carboxylic acid groups (broad SMARTS) is 1. The lowest BCUT2D eigenvalue weighted by atomic mass is 9.92. The van der Waals surface area contributed by atoms with Gasteiger partial charge >= 0.3 is 12.0 Å². The normalized spacial score (nSPS) is 13.1. The van der Waals surface area contributed by atoms with Crippen LogP contribution in [0.4, 0.5) is 16.2 Å². The largest absolute Gasteiger partial charge is 0.481 e. The lowest BCUT2D eigenvalue weighted by molar-refractivity contribution is -0.138. The number of anilines is 2. The molecule has 3 aromatic rings. The Balaban J connectivity index is 1.32. The molecule has 11 nitrogen and oxygen atoms in total. The van der Waals surface area contributed by atoms with Crippen LogP contribution in [0.15, 0.2) is 66.7 Å². The van der Waals surface area contributed by atoms with E-state index >= 15 is 0 Å². The van der Waals surface area contributed by atoms with E-state index in [2.05, 4.69) is 21.3 Å². The Morgan fingerprint density at radius 2 is 1.61 bits per heavy atom. The van der Waals surface area contributed by atoms with Gasteiger partial charge in [0.05, 0.1) is 12.5 Å². The quantitative estimate of drug-likeness (QED) is 0.176. The van der Waals surface area contributed by atoms with Crippen LogP contribution in [0.1, 0.15) is 55.8 Å². The van der Waals surface area contributed by atoms with E-state index in [1.54, 1.807) is 42.5 Å². The molecule has 4 amide bonds. The highest BCUT2D eigenvalue weighted by atomic mass is 16.7. The third-order valence-electron chi connectivity index (χ3n) is 7.14. The molecular formula is C33H38N4O7. The van der Waals surface area contributed by atoms with Crippen LogP contribution in [0.3, 0.4) is 0 Å². The molecule has 3 aromatic carbocycles. The molecule has 44 heavy (non-hydrogen) atoms. The molecule has 1 aliphatic heterocycles. The molecule has 0 saturated heterocycles. The molecule has 1 heterocycles. The van der Waals surface area contributed by atoms with Crippen LogP contribution < -0.4 is 30.7 Å². The zero-order valence-corrected chi connectivity index (χ0v) is 25.0. The first kappa shape index (κ1) is 31.9. The molecule has 5 N–H and O–H groups in total. The average molecular weight is 603 g/mol. The maximum atomic E-state index is 13.2. The monoisotopic (exact) mass is 602 g/mol. The van der Waals surface area contributed by atoms with E-state index in [-0.39, 0.29) is 44.0 Å². The fraction of sp³-hybridized carbons (Fsp3) is 0.333. The number of aryl methyl sites for hydroxylation is 1. The number of urea groups is 1. The van der Waals surface area contributed by atoms with Crippen LogP contribution in [0, 0.1) is 18.8 Å². The van der Waals surface area contributed by atoms with Gasteiger partial charge in [-0.3, -0.25) is 14.4 Å². The number of nitrogens with one attached hydrogen (secondary N) is 4. The summed E-state index contributed by atoms with van der Waals surface area (Å²) in [7, 11) is 0. The summed E-state index contributed by atoms with van der Waals surface area (Å²) in [5, 5.41) is 20.8. The minimum absolute atomic E-state index is 0.0768. The van der Waals surface area contributed by atoms with E-state index in [4.69, 9.17) is 9.47 Å². The summed E-state index contributed by atoms with van der Waals surface area (Å²) in [5.41, 5.74) is 3.66. The third-order valence-corrected chi connectivity index (χ3v) is 7.14. The van der Waals surface area contributed by atoms with Crippen molar-refractivity contribution in [2.24, 2.45) is 11.8 Å². The van der Waals surface area contributed by atoms with Crippen LogP contribution in [0.25, 0.3) is 0 Å². The van der Waals surface area contributed by atoms with E-state index in [0.29, 0.717) is 29.2 Å². The number of ether oxygens (including phenoxy) is 2. The smallest absolute Gasteiger partial charge is 0.323 e. The highest BCUT2D eigenvalue weighted by Gasteiger charge is 2.26. The van der Waals surface area contributed by atoms with Crippen molar-refractivity contribution < 1.29 is 33.8 Å². The first-order valence-corrected chi connectivity index (χ1v) is 14.5. The number of hydrogen-bond acceptors (Lipinski definition) is 6. The van der Waals surface area contributed by atoms with Crippen molar-refractivity contribution in [3.05, 3.63) is 83.4 Å². The Morgan fingerprint density at radius 3 is 2.32 bits per heavy atom. The molecule has 0 bridgehead atoms. The number of rotatable bonds is 13. The van der Waals surface area contributed by atoms with Crippen LogP contribution in [-0.4, -0.2) is 35.7 Å². The molecule has 0 aromatic heterocycles. The Morgan fingerprint density at radius 1 is 0.886 bits per heavy atom. The second-order valence-corrected chi connectivity index (χ2v) is 11.2. The van der Waals surface area contributed by atoms with Gasteiger partial charge in [-0.1, -0.05) is 50.2 Å². The van der Waals surface area contributed by atoms with E-state index in [1.165, 1.54) is 0 Å². The number of para-hydroxylation sites is 1. The van der Waals surface area contributed by atoms with Crippen molar-refractivity contribution in [3.63, 3.8) is 0 Å². The van der Waals surface area contributed by atoms with Gasteiger partial charge in [-0.2, -0.15) is 0 Å². The Kier molecular flexibility index (Phi) is 10.8. The molecule has 1 unspecified atom stereocenters. The molecule has 1 aliphatic rings. The summed E-state index contributed by atoms with van der Waals surface area (Å²) >= 11 is 0. The van der Waals surface area contributed by atoms with Crippen molar-refractivity contribution in [2.75, 3.05) is 17.4 Å². The molecule has 232 valence electrons. The Bertz CT molecular complexity index is 1490. The fourth-order valence-electron chi connectivity index (χ4n) is 4.92. The molecule has 0 radical (unpaired) electrons. The Hall–Kier alpha value is -5.06. The molecule has 4 rings (SSSR count). The number of carbonyl (C=O) groups is 4. The summed E-state index contributed by atoms with van der Waals surface area (Å²) in [4.78, 5) is 50.2. The predicted octanol–water partition coefficient (Wildman–Crippen LogP) is 5.37. The minimum Gasteiger partial charge on any atom is -0.481 e. The summed E-state index contributed by atoms with van der Waals surface area (Å²) in [6.45, 7) is 6.17. The van der Waals surface area contributed by atoms with Gasteiger partial charge in [0, 0.05) is 30.3 Å². The topological polar surface area (TPSA) is 155 Å². The van der Waals surface area contributed by atoms with Gasteiger partial charge in [0.25, 0.3) is 0 Å². The number of aliphatic carboxylic acids is 1. The second kappa shape index (κ2) is 14.9. The van der Waals surface area contributed by atoms with E-state index in [9.17, 15) is 24.3 Å². The Labute approximate surface area is 256 Å². The summed E-state index contributed by atoms with van der Waals surface area (Å²) in [6, 6.07) is 18.4. The summed E-state index contributed by atoms with van der Waals surface area (Å²) < 4.78 is 10.7. The van der Waals surface area contributed by atoms with Gasteiger partial charge in [0.15, 0.2) is 11.5 Å². The fourth-order valence-corrected chi connectivity index (χ4v) is 4.92. The molecular weight excluding hydrogens is 564 g/mol. The van der Waals surface area contributed by atoms with Gasteiger partial charge in [-0.15, -0.1) is 0 Å². The van der Waals surface area contributed by atoms with Crippen LogP contribution >= 0.6 is 0 Å². The average Bonchev–Trinajstić information content (AvgIpc) is 3.45. The maximum Gasteiger partial charge on any atom is 0.323 e. The number of hydrogen-bond donors (Lipinski definition) is 5. The van der Waals surface area contributed by atoms with Crippen molar-refractivity contribution in [1.29, 1.82) is 0 Å². The van der Waals surface area contributed by atoms with Crippen molar-refractivity contribution in [1.82, 2.24) is 10.6 Å². The van der Waals surface area contributed by atoms with E-state index in [0.717, 1.165) is 16.8 Å². The second-order valence-electron chi connectivity index (χ2n) is 11.2. The van der Waals surface area contributed by atoms with Crippen LogP contribution in [0.2, 0.25) is 0 Å². The number of carbonyl (C=O) groups excluding carboxylic acids is 3. The molecule has 0 spiro atoms. The molecule has 11 heteroatoms. The highest BCUT2D eigenvalue weighted by Crippen LogP contribution is 2.35. The van der Waals surface area contributed by atoms with Gasteiger partial charge in [0.1, 0.15) is 0 Å². The van der Waals surface area contributed by atoms with Gasteiger partial charge in [-0.05, 0) is 66.3 Å². The van der Waals surface area contributed by atoms with Crippen molar-refractivity contribution in [3.8, 4) is 11.5 Å². The third kappa shape index (κ3) is 9.22. The van der Waals surface area contributed by atoms with Gasteiger partial charge < -0.3 is 35.8 Å². The summed E-state index contributed by atoms with van der Waals surface area (Å²) in [6.07, 6.45) is 0.0557. The van der Waals surface area contributed by atoms with E-state index < -0.39 is 23.8 Å². The number of amides is 4. The summed E-state index contributed by atoms with van der Waals surface area (Å²) in [5.74, 6) is -1.18. The van der Waals surface area contributed by atoms with Crippen molar-refractivity contribution in [2.45, 2.75) is 52.6 Å². The predicted molar refractivity (Wildman–Crippen MR) is 165 cm³/mol. The molecule has 0 saturated carbocycles. The zero-order valence-electron chi connectivity index (χ0n) is 25.0. The zero-order chi connectivity index (χ0) is 31.6. The standard InChI is InChI=1S/C33H38N4O7/c1-20(2)14-24(16-30(38)36-27(17-31(39)40)23-10-13-28-29(15-23)44-19-43-28)32(41)34-18-22-8-11-25(12-9-22)35-33(42)37-26-7-5-4-6-21(26)3/h4-13,15,20,24,27H,14,16-19H2,1-3H3,(H,34,41)(H,36,38)(H,39,40)(H2,35,37,42)/t24?,27-/m0/s1. The van der Waals surface area contributed by atoms with Crippen LogP contribution in [0.5, 0.6) is 11.5 Å². The van der Waals surface area contributed by atoms with Gasteiger partial charge in [-0.25, -0.2) is 4.79 Å². The number of fused-ring (bicyclic) bond motifs is 1. The number of benzene rings is 3. The van der Waals surface area contributed by atoms with Crippen molar-refractivity contribution >= 4 is 35.2 Å². The lowest BCUT2D eigenvalue weighted by Gasteiger charge is -2.22. The molecule has 2 atom stereocenters. The molecule has 0 fully saturated rings. The minimum atomic E-state index is -1.07. The van der Waals surface area contributed by atoms with E-state index in [1.807, 2.05) is 45.0 Å². The highest BCUT2D eigenvalue weighted by molar-refractivity contribution is 6.00. The lowest BCUT2D eigenvalue weighted by Crippen LogP contribution is -2.37. The van der Waals surface area contributed by atoms with Crippen LogP contribution in [-0.2, 0) is 20.9 Å². The SMILES string of the molecule is Cc1ccccc1NC(=O)Nc1ccc(CNC(=O)C(CC(=O)N[C@@H](CC(=O)O)c2ccc3c(c2)OCO3)CC(C)C)cc1. The first-order valence-electron chi connectivity index (χ1n) is 14.5. The number of carboxylic acids is 1. The van der Waals surface area contributed by atoms with Gasteiger partial charge in [0.2, 0.25) is 18.6 Å². The molecule has 0 aliphatic carbocycles. The maximum absolute atomic E-state index is 13.2.